The molecule has 4 aromatic heterocycles. The van der Waals surface area contributed by atoms with Gasteiger partial charge in [0.2, 0.25) is 5.91 Å². The number of aryl methyl sites for hydroxylation is 1. The lowest BCUT2D eigenvalue weighted by molar-refractivity contribution is -0.120. The van der Waals surface area contributed by atoms with Gasteiger partial charge in [0.05, 0.1) is 35.5 Å². The lowest BCUT2D eigenvalue weighted by atomic mass is 10.2. The molecule has 0 atom stereocenters. The molecule has 0 aromatic carbocycles. The smallest absolute Gasteiger partial charge is 0.220 e. The highest BCUT2D eigenvalue weighted by Crippen LogP contribution is 2.31. The van der Waals surface area contributed by atoms with Gasteiger partial charge in [-0.1, -0.05) is 13.0 Å². The molecule has 3 N–H and O–H groups in total. The number of nitrogens with one attached hydrogen (secondary N) is 3. The molecular weight excluding hydrogens is 342 g/mol. The standard InChI is InChI=1S/C19H21N7O/c1-4-15(27)21-9-11-6-5-7-13(23-11)14-8-12-17-16(22-10-26(17)3)19(20-2)25-18(12)24-14/h5-8,10H,4,9H2,1-3H3,(H,21,27)(H2,20,24,25). The number of carbonyl (C=O) groups is 1. The molecule has 0 aliphatic carbocycles. The number of H-pyrrole nitrogens is 1. The summed E-state index contributed by atoms with van der Waals surface area (Å²) in [6, 6.07) is 7.82. The van der Waals surface area contributed by atoms with Crippen molar-refractivity contribution in [3.8, 4) is 11.4 Å². The zero-order valence-corrected chi connectivity index (χ0v) is 15.5. The maximum atomic E-state index is 11.5. The molecule has 0 spiro atoms. The Kier molecular flexibility index (Phi) is 4.23. The molecule has 8 heteroatoms. The number of nitrogens with zero attached hydrogens (tertiary/aromatic N) is 4. The van der Waals surface area contributed by atoms with Crippen molar-refractivity contribution < 1.29 is 4.79 Å². The largest absolute Gasteiger partial charge is 0.371 e. The van der Waals surface area contributed by atoms with Gasteiger partial charge in [-0.05, 0) is 18.2 Å². The molecule has 4 heterocycles. The van der Waals surface area contributed by atoms with Gasteiger partial charge in [-0.2, -0.15) is 0 Å². The molecule has 138 valence electrons. The number of anilines is 1. The van der Waals surface area contributed by atoms with Crippen LogP contribution < -0.4 is 10.6 Å². The summed E-state index contributed by atoms with van der Waals surface area (Å²) in [5, 5.41) is 6.95. The Hall–Kier alpha value is -3.42. The number of rotatable bonds is 5. The van der Waals surface area contributed by atoms with Crippen LogP contribution in [0.2, 0.25) is 0 Å². The zero-order chi connectivity index (χ0) is 19.0. The van der Waals surface area contributed by atoms with Gasteiger partial charge in [0, 0.05) is 25.9 Å². The second-order valence-corrected chi connectivity index (χ2v) is 6.35. The minimum atomic E-state index is 0.00945. The number of fused-ring (bicyclic) bond motifs is 3. The number of aromatic nitrogens is 5. The van der Waals surface area contributed by atoms with Gasteiger partial charge in [-0.25, -0.2) is 15.0 Å². The van der Waals surface area contributed by atoms with Crippen LogP contribution in [0.15, 0.2) is 30.6 Å². The van der Waals surface area contributed by atoms with E-state index >= 15 is 0 Å². The maximum Gasteiger partial charge on any atom is 0.220 e. The maximum absolute atomic E-state index is 11.5. The summed E-state index contributed by atoms with van der Waals surface area (Å²) in [5.74, 6) is 0.741. The third-order valence-corrected chi connectivity index (χ3v) is 4.54. The highest BCUT2D eigenvalue weighted by atomic mass is 16.1. The van der Waals surface area contributed by atoms with Gasteiger partial charge in [-0.15, -0.1) is 0 Å². The Morgan fingerprint density at radius 2 is 2.15 bits per heavy atom. The molecule has 0 aliphatic heterocycles. The van der Waals surface area contributed by atoms with Gasteiger partial charge in [-0.3, -0.25) is 4.79 Å². The summed E-state index contributed by atoms with van der Waals surface area (Å²) in [7, 11) is 3.80. The van der Waals surface area contributed by atoms with E-state index < -0.39 is 0 Å². The van der Waals surface area contributed by atoms with Crippen LogP contribution in [0.5, 0.6) is 0 Å². The van der Waals surface area contributed by atoms with Crippen LogP contribution in [0, 0.1) is 0 Å². The minimum absolute atomic E-state index is 0.00945. The van der Waals surface area contributed by atoms with E-state index in [1.165, 1.54) is 0 Å². The fourth-order valence-electron chi connectivity index (χ4n) is 3.15. The molecule has 0 saturated carbocycles. The van der Waals surface area contributed by atoms with Crippen LogP contribution in [-0.4, -0.2) is 37.5 Å². The van der Waals surface area contributed by atoms with Crippen LogP contribution in [0.4, 0.5) is 5.82 Å². The summed E-state index contributed by atoms with van der Waals surface area (Å²) in [5.41, 5.74) is 5.11. The molecule has 0 unspecified atom stereocenters. The van der Waals surface area contributed by atoms with E-state index in [1.807, 2.05) is 49.9 Å². The number of hydrogen-bond donors (Lipinski definition) is 3. The molecule has 0 bridgehead atoms. The topological polar surface area (TPSA) is 101 Å². The van der Waals surface area contributed by atoms with E-state index in [2.05, 4.69) is 30.6 Å². The molecule has 1 amide bonds. The van der Waals surface area contributed by atoms with E-state index in [0.29, 0.717) is 13.0 Å². The summed E-state index contributed by atoms with van der Waals surface area (Å²) in [6.07, 6.45) is 2.25. The number of amides is 1. The van der Waals surface area contributed by atoms with Crippen molar-refractivity contribution in [2.24, 2.45) is 7.05 Å². The molecule has 27 heavy (non-hydrogen) atoms. The normalized spacial score (nSPS) is 11.2. The SMILES string of the molecule is CCC(=O)NCc1cccc(-c2cc3c(nc(NC)c4ncn(C)c43)[nH]2)n1. The van der Waals surface area contributed by atoms with Crippen LogP contribution in [-0.2, 0) is 18.4 Å². The molecule has 0 aliphatic rings. The van der Waals surface area contributed by atoms with E-state index in [4.69, 9.17) is 0 Å². The molecular formula is C19H21N7O. The fraction of sp³-hybridized carbons (Fsp3) is 0.263. The zero-order valence-electron chi connectivity index (χ0n) is 15.5. The van der Waals surface area contributed by atoms with Crippen molar-refractivity contribution in [3.05, 3.63) is 36.3 Å². The molecule has 8 nitrogen and oxygen atoms in total. The average Bonchev–Trinajstić information content (AvgIpc) is 3.29. The second kappa shape index (κ2) is 6.71. The van der Waals surface area contributed by atoms with Gasteiger partial charge in [0.15, 0.2) is 5.82 Å². The monoisotopic (exact) mass is 363 g/mol. The number of imidazole rings is 1. The first-order chi connectivity index (χ1) is 13.1. The van der Waals surface area contributed by atoms with Crippen molar-refractivity contribution >= 4 is 33.8 Å². The van der Waals surface area contributed by atoms with Crippen LogP contribution >= 0.6 is 0 Å². The van der Waals surface area contributed by atoms with Crippen molar-refractivity contribution in [1.82, 2.24) is 29.8 Å². The third-order valence-electron chi connectivity index (χ3n) is 4.54. The summed E-state index contributed by atoms with van der Waals surface area (Å²) in [6.45, 7) is 2.24. The van der Waals surface area contributed by atoms with E-state index in [1.54, 1.807) is 6.33 Å². The minimum Gasteiger partial charge on any atom is -0.371 e. The summed E-state index contributed by atoms with van der Waals surface area (Å²) >= 11 is 0. The fourth-order valence-corrected chi connectivity index (χ4v) is 3.15. The Balaban J connectivity index is 1.77. The van der Waals surface area contributed by atoms with Crippen molar-refractivity contribution in [3.63, 3.8) is 0 Å². The predicted molar refractivity (Wildman–Crippen MR) is 105 cm³/mol. The number of hydrogen-bond acceptors (Lipinski definition) is 5. The number of carbonyl (C=O) groups excluding carboxylic acids is 1. The highest BCUT2D eigenvalue weighted by Gasteiger charge is 2.15. The van der Waals surface area contributed by atoms with Gasteiger partial charge in [0.1, 0.15) is 11.2 Å². The molecule has 0 fully saturated rings. The van der Waals surface area contributed by atoms with Crippen molar-refractivity contribution in [2.45, 2.75) is 19.9 Å². The van der Waals surface area contributed by atoms with E-state index in [0.717, 1.165) is 45.0 Å². The first-order valence-corrected chi connectivity index (χ1v) is 8.85. The van der Waals surface area contributed by atoms with Gasteiger partial charge >= 0.3 is 0 Å². The van der Waals surface area contributed by atoms with Gasteiger partial charge < -0.3 is 20.2 Å². The lowest BCUT2D eigenvalue weighted by Gasteiger charge is -2.04. The Labute approximate surface area is 156 Å². The van der Waals surface area contributed by atoms with Crippen LogP contribution in [0.1, 0.15) is 19.0 Å². The first-order valence-electron chi connectivity index (χ1n) is 8.85. The first kappa shape index (κ1) is 17.0. The quantitative estimate of drug-likeness (QED) is 0.506. The predicted octanol–water partition coefficient (Wildman–Crippen LogP) is 2.58. The molecule has 4 rings (SSSR count). The summed E-state index contributed by atoms with van der Waals surface area (Å²) in [4.78, 5) is 28.6. The average molecular weight is 363 g/mol. The summed E-state index contributed by atoms with van der Waals surface area (Å²) < 4.78 is 1.99. The lowest BCUT2D eigenvalue weighted by Crippen LogP contribution is -2.22. The second-order valence-electron chi connectivity index (χ2n) is 6.35. The van der Waals surface area contributed by atoms with Crippen molar-refractivity contribution in [1.29, 1.82) is 0 Å². The van der Waals surface area contributed by atoms with Crippen molar-refractivity contribution in [2.75, 3.05) is 12.4 Å². The Bertz CT molecular complexity index is 1140. The number of pyridine rings is 2. The Morgan fingerprint density at radius 1 is 1.30 bits per heavy atom. The van der Waals surface area contributed by atoms with E-state index in [9.17, 15) is 4.79 Å². The van der Waals surface area contributed by atoms with E-state index in [-0.39, 0.29) is 5.91 Å². The highest BCUT2D eigenvalue weighted by molar-refractivity contribution is 6.07. The molecule has 4 aromatic rings. The number of aromatic amines is 1. The van der Waals surface area contributed by atoms with Crippen LogP contribution in [0.25, 0.3) is 33.5 Å². The van der Waals surface area contributed by atoms with Crippen LogP contribution in [0.3, 0.4) is 0 Å². The Morgan fingerprint density at radius 3 is 2.93 bits per heavy atom. The van der Waals surface area contributed by atoms with Gasteiger partial charge in [0.25, 0.3) is 0 Å². The molecule has 0 saturated heterocycles. The molecule has 0 radical (unpaired) electrons. The third kappa shape index (κ3) is 2.99.